The smallest absolute Gasteiger partial charge is 0.157 e. The van der Waals surface area contributed by atoms with Gasteiger partial charge in [0, 0.05) is 0 Å². The number of aldehydes is 1. The Bertz CT molecular complexity index is 301. The molecule has 0 bridgehead atoms. The van der Waals surface area contributed by atoms with Crippen LogP contribution in [0.2, 0.25) is 0 Å². The summed E-state index contributed by atoms with van der Waals surface area (Å²) in [7, 11) is 0. The molecular weight excluding hydrogens is 216 g/mol. The van der Waals surface area contributed by atoms with Gasteiger partial charge in [-0.25, -0.2) is 0 Å². The Morgan fingerprint density at radius 3 is 2.42 bits per heavy atom. The molecule has 1 rings (SSSR count). The highest BCUT2D eigenvalue weighted by Crippen LogP contribution is 2.19. The van der Waals surface area contributed by atoms with Crippen molar-refractivity contribution in [3.63, 3.8) is 0 Å². The molecule has 0 N–H and O–H groups in total. The number of benzene rings is 1. The Morgan fingerprint density at radius 1 is 1.33 bits per heavy atom. The fourth-order valence-electron chi connectivity index (χ4n) is 0.914. The topological polar surface area (TPSA) is 17.1 Å². The van der Waals surface area contributed by atoms with Crippen molar-refractivity contribution >= 4 is 27.8 Å². The van der Waals surface area contributed by atoms with Crippen LogP contribution in [0.5, 0.6) is 0 Å². The summed E-state index contributed by atoms with van der Waals surface area (Å²) >= 11 is 3.19. The highest BCUT2D eigenvalue weighted by atomic mass is 79.9. The number of hydrogen-bond donors (Lipinski definition) is 0. The standard InChI is InChI=1S/C10H9BrO/c1-8(10(11)7-12)9-5-3-2-4-6-9/h2-7H,1H3. The summed E-state index contributed by atoms with van der Waals surface area (Å²) in [6.45, 7) is 1.91. The summed E-state index contributed by atoms with van der Waals surface area (Å²) in [5.41, 5.74) is 2.03. The van der Waals surface area contributed by atoms with E-state index >= 15 is 0 Å². The van der Waals surface area contributed by atoms with Crippen LogP contribution in [0.3, 0.4) is 0 Å². The molecule has 1 nitrogen and oxygen atoms in total. The third-order valence-corrected chi connectivity index (χ3v) is 2.45. The van der Waals surface area contributed by atoms with Crippen LogP contribution in [-0.4, -0.2) is 6.29 Å². The van der Waals surface area contributed by atoms with E-state index in [0.29, 0.717) is 4.48 Å². The molecule has 0 saturated carbocycles. The van der Waals surface area contributed by atoms with Gasteiger partial charge in [0.05, 0.1) is 4.48 Å². The first-order valence-electron chi connectivity index (χ1n) is 3.62. The van der Waals surface area contributed by atoms with Crippen LogP contribution in [0.4, 0.5) is 0 Å². The van der Waals surface area contributed by atoms with Gasteiger partial charge >= 0.3 is 0 Å². The lowest BCUT2D eigenvalue weighted by Crippen LogP contribution is -1.82. The van der Waals surface area contributed by atoms with Crippen molar-refractivity contribution in [3.05, 3.63) is 40.4 Å². The van der Waals surface area contributed by atoms with Crippen LogP contribution in [0.15, 0.2) is 34.8 Å². The second kappa shape index (κ2) is 4.21. The van der Waals surface area contributed by atoms with Crippen LogP contribution in [0.1, 0.15) is 12.5 Å². The molecule has 1 aromatic rings. The lowest BCUT2D eigenvalue weighted by Gasteiger charge is -2.00. The molecule has 0 atom stereocenters. The molecule has 0 spiro atoms. The Kier molecular flexibility index (Phi) is 3.23. The first-order valence-corrected chi connectivity index (χ1v) is 4.42. The van der Waals surface area contributed by atoms with E-state index < -0.39 is 0 Å². The van der Waals surface area contributed by atoms with Crippen LogP contribution < -0.4 is 0 Å². The minimum absolute atomic E-state index is 0.605. The number of hydrogen-bond acceptors (Lipinski definition) is 1. The van der Waals surface area contributed by atoms with Crippen molar-refractivity contribution in [3.8, 4) is 0 Å². The van der Waals surface area contributed by atoms with Gasteiger partial charge in [0.1, 0.15) is 0 Å². The molecule has 0 amide bonds. The van der Waals surface area contributed by atoms with Gasteiger partial charge in [-0.05, 0) is 34.0 Å². The van der Waals surface area contributed by atoms with Gasteiger partial charge in [0.25, 0.3) is 0 Å². The predicted molar refractivity (Wildman–Crippen MR) is 54.0 cm³/mol. The number of allylic oxidation sites excluding steroid dienone is 2. The van der Waals surface area contributed by atoms with Crippen molar-refractivity contribution in [1.82, 2.24) is 0 Å². The molecule has 0 unspecified atom stereocenters. The number of carbonyl (C=O) groups excluding carboxylic acids is 1. The third kappa shape index (κ3) is 2.05. The zero-order valence-electron chi connectivity index (χ0n) is 6.75. The van der Waals surface area contributed by atoms with E-state index in [0.717, 1.165) is 17.4 Å². The fourth-order valence-corrected chi connectivity index (χ4v) is 1.14. The van der Waals surface area contributed by atoms with Crippen molar-refractivity contribution in [1.29, 1.82) is 0 Å². The molecule has 62 valence electrons. The average molecular weight is 225 g/mol. The Labute approximate surface area is 80.2 Å². The average Bonchev–Trinajstić information content (AvgIpc) is 2.17. The maximum atomic E-state index is 10.4. The van der Waals surface area contributed by atoms with E-state index in [1.165, 1.54) is 0 Å². The summed E-state index contributed by atoms with van der Waals surface area (Å²) < 4.78 is 0.605. The van der Waals surface area contributed by atoms with Crippen molar-refractivity contribution in [2.75, 3.05) is 0 Å². The van der Waals surface area contributed by atoms with Gasteiger partial charge in [-0.2, -0.15) is 0 Å². The monoisotopic (exact) mass is 224 g/mol. The van der Waals surface area contributed by atoms with Crippen LogP contribution in [0, 0.1) is 0 Å². The largest absolute Gasteiger partial charge is 0.297 e. The molecule has 0 radical (unpaired) electrons. The van der Waals surface area contributed by atoms with Crippen LogP contribution in [0.25, 0.3) is 5.57 Å². The van der Waals surface area contributed by atoms with Crippen molar-refractivity contribution in [2.45, 2.75) is 6.92 Å². The van der Waals surface area contributed by atoms with Crippen LogP contribution in [-0.2, 0) is 4.79 Å². The molecule has 0 heterocycles. The molecule has 0 fully saturated rings. The van der Waals surface area contributed by atoms with E-state index in [2.05, 4.69) is 15.9 Å². The first kappa shape index (κ1) is 9.20. The maximum Gasteiger partial charge on any atom is 0.157 e. The van der Waals surface area contributed by atoms with Gasteiger partial charge in [-0.1, -0.05) is 30.3 Å². The van der Waals surface area contributed by atoms with E-state index in [-0.39, 0.29) is 0 Å². The van der Waals surface area contributed by atoms with E-state index in [1.54, 1.807) is 0 Å². The molecule has 12 heavy (non-hydrogen) atoms. The molecule has 0 saturated heterocycles. The lowest BCUT2D eigenvalue weighted by atomic mass is 10.1. The van der Waals surface area contributed by atoms with E-state index in [1.807, 2.05) is 37.3 Å². The Morgan fingerprint density at radius 2 is 1.92 bits per heavy atom. The quantitative estimate of drug-likeness (QED) is 0.558. The summed E-state index contributed by atoms with van der Waals surface area (Å²) in [5, 5.41) is 0. The number of rotatable bonds is 2. The Hall–Kier alpha value is -0.890. The summed E-state index contributed by atoms with van der Waals surface area (Å²) in [6.07, 6.45) is 0.808. The summed E-state index contributed by atoms with van der Waals surface area (Å²) in [6, 6.07) is 9.79. The van der Waals surface area contributed by atoms with Gasteiger partial charge < -0.3 is 0 Å². The zero-order valence-corrected chi connectivity index (χ0v) is 8.34. The highest BCUT2D eigenvalue weighted by Gasteiger charge is 1.98. The normalized spacial score (nSPS) is 12.2. The zero-order chi connectivity index (χ0) is 8.97. The molecule has 0 aliphatic heterocycles. The summed E-state index contributed by atoms with van der Waals surface area (Å²) in [5.74, 6) is 0. The number of carbonyl (C=O) groups is 1. The first-order chi connectivity index (χ1) is 5.75. The third-order valence-electron chi connectivity index (χ3n) is 1.67. The summed E-state index contributed by atoms with van der Waals surface area (Å²) in [4.78, 5) is 10.4. The fraction of sp³-hybridized carbons (Fsp3) is 0.100. The molecule has 2 heteroatoms. The maximum absolute atomic E-state index is 10.4. The predicted octanol–water partition coefficient (Wildman–Crippen LogP) is 3.01. The van der Waals surface area contributed by atoms with Gasteiger partial charge in [0.15, 0.2) is 6.29 Å². The molecule has 1 aromatic carbocycles. The lowest BCUT2D eigenvalue weighted by molar-refractivity contribution is -0.104. The van der Waals surface area contributed by atoms with Gasteiger partial charge in [0.2, 0.25) is 0 Å². The molecule has 0 aliphatic rings. The van der Waals surface area contributed by atoms with Crippen LogP contribution >= 0.6 is 15.9 Å². The SMILES string of the molecule is CC(=C(Br)C=O)c1ccccc1. The second-order valence-electron chi connectivity index (χ2n) is 2.46. The van der Waals surface area contributed by atoms with Crippen molar-refractivity contribution in [2.24, 2.45) is 0 Å². The second-order valence-corrected chi connectivity index (χ2v) is 3.31. The number of halogens is 1. The van der Waals surface area contributed by atoms with Gasteiger partial charge in [-0.3, -0.25) is 4.79 Å². The van der Waals surface area contributed by atoms with Crippen molar-refractivity contribution < 1.29 is 4.79 Å². The molecular formula is C10H9BrO. The minimum Gasteiger partial charge on any atom is -0.297 e. The minimum atomic E-state index is 0.605. The highest BCUT2D eigenvalue weighted by molar-refractivity contribution is 9.12. The Balaban J connectivity index is 3.08. The van der Waals surface area contributed by atoms with E-state index in [9.17, 15) is 4.79 Å². The van der Waals surface area contributed by atoms with Gasteiger partial charge in [-0.15, -0.1) is 0 Å². The van der Waals surface area contributed by atoms with E-state index in [4.69, 9.17) is 0 Å². The molecule has 0 aromatic heterocycles. The molecule has 0 aliphatic carbocycles.